The number of aliphatic hydroxyl groups excluding tert-OH is 3. The zero-order chi connectivity index (χ0) is 21.5. The van der Waals surface area contributed by atoms with E-state index in [1.54, 1.807) is 18.2 Å². The number of aliphatic hydroxyl groups is 3. The van der Waals surface area contributed by atoms with Gasteiger partial charge in [-0.1, -0.05) is 6.07 Å². The third-order valence-corrected chi connectivity index (χ3v) is 4.29. The van der Waals surface area contributed by atoms with E-state index < -0.39 is 18.2 Å². The van der Waals surface area contributed by atoms with Gasteiger partial charge in [0.1, 0.15) is 24.5 Å². The first-order valence-corrected chi connectivity index (χ1v) is 9.21. The summed E-state index contributed by atoms with van der Waals surface area (Å²) in [5.74, 6) is 0.218. The number of carbonyl (C=O) groups excluding carboxylic acids is 1. The van der Waals surface area contributed by atoms with Crippen LogP contribution in [0.4, 0.5) is 16.3 Å². The maximum Gasteiger partial charge on any atom is 0.325 e. The van der Waals surface area contributed by atoms with Gasteiger partial charge in [0.2, 0.25) is 5.69 Å². The van der Waals surface area contributed by atoms with Crippen molar-refractivity contribution < 1.29 is 29.6 Å². The lowest BCUT2D eigenvalue weighted by Gasteiger charge is -2.19. The third kappa shape index (κ3) is 5.32. The summed E-state index contributed by atoms with van der Waals surface area (Å²) in [5.41, 5.74) is 0.975. The first kappa shape index (κ1) is 21.3. The minimum Gasteiger partial charge on any atom is -0.489 e. The van der Waals surface area contributed by atoms with Crippen LogP contribution in [0.3, 0.4) is 0 Å². The SMILES string of the molecule is N#Cc1ncc2nc1OCCC(O)C(O)COc1ccc(CCO)cc1NC(=O)N2. The van der Waals surface area contributed by atoms with Gasteiger partial charge in [-0.25, -0.2) is 9.78 Å². The fraction of sp³-hybridized carbons (Fsp3) is 0.368. The number of nitriles is 1. The summed E-state index contributed by atoms with van der Waals surface area (Å²) in [6, 6.07) is 6.13. The number of fused-ring (bicyclic) bond motifs is 3. The van der Waals surface area contributed by atoms with Gasteiger partial charge in [0.15, 0.2) is 5.82 Å². The molecule has 11 nitrogen and oxygen atoms in total. The second-order valence-electron chi connectivity index (χ2n) is 6.49. The largest absolute Gasteiger partial charge is 0.489 e. The van der Waals surface area contributed by atoms with Gasteiger partial charge < -0.3 is 30.1 Å². The molecule has 2 amide bonds. The zero-order valence-electron chi connectivity index (χ0n) is 15.9. The maximum absolute atomic E-state index is 12.4. The maximum atomic E-state index is 12.4. The van der Waals surface area contributed by atoms with Crippen molar-refractivity contribution in [1.29, 1.82) is 5.26 Å². The van der Waals surface area contributed by atoms with E-state index in [0.717, 1.165) is 5.56 Å². The molecule has 30 heavy (non-hydrogen) atoms. The molecule has 5 N–H and O–H groups in total. The Morgan fingerprint density at radius 1 is 1.23 bits per heavy atom. The van der Waals surface area contributed by atoms with Crippen molar-refractivity contribution in [3.8, 4) is 17.7 Å². The molecule has 158 valence electrons. The van der Waals surface area contributed by atoms with Crippen molar-refractivity contribution >= 4 is 17.5 Å². The molecule has 11 heteroatoms. The summed E-state index contributed by atoms with van der Waals surface area (Å²) < 4.78 is 11.0. The molecule has 0 aliphatic carbocycles. The lowest BCUT2D eigenvalue weighted by atomic mass is 10.1. The lowest BCUT2D eigenvalue weighted by Crippen LogP contribution is -2.33. The summed E-state index contributed by atoms with van der Waals surface area (Å²) in [7, 11) is 0. The van der Waals surface area contributed by atoms with Gasteiger partial charge in [0, 0.05) is 13.0 Å². The number of carbonyl (C=O) groups is 1. The molecule has 0 fully saturated rings. The summed E-state index contributed by atoms with van der Waals surface area (Å²) in [6.07, 6.45) is -0.734. The Hall–Kier alpha value is -3.46. The topological polar surface area (TPSA) is 170 Å². The van der Waals surface area contributed by atoms with Crippen molar-refractivity contribution in [3.05, 3.63) is 35.7 Å². The molecule has 2 aromatic rings. The molecule has 0 saturated heterocycles. The fourth-order valence-electron chi connectivity index (χ4n) is 2.72. The number of nitrogens with zero attached hydrogens (tertiary/aromatic N) is 3. The van der Waals surface area contributed by atoms with E-state index in [1.807, 2.05) is 6.07 Å². The molecule has 2 heterocycles. The van der Waals surface area contributed by atoms with E-state index in [9.17, 15) is 15.0 Å². The quantitative estimate of drug-likeness (QED) is 0.466. The summed E-state index contributed by atoms with van der Waals surface area (Å²) in [5, 5.41) is 43.7. The van der Waals surface area contributed by atoms with Crippen LogP contribution in [0.1, 0.15) is 17.7 Å². The van der Waals surface area contributed by atoms with Gasteiger partial charge in [0.05, 0.1) is 24.6 Å². The van der Waals surface area contributed by atoms with Crippen molar-refractivity contribution in [1.82, 2.24) is 9.97 Å². The van der Waals surface area contributed by atoms with Gasteiger partial charge >= 0.3 is 6.03 Å². The Bertz CT molecular complexity index is 947. The van der Waals surface area contributed by atoms with Crippen molar-refractivity contribution in [2.24, 2.45) is 0 Å². The Balaban J connectivity index is 1.92. The number of amides is 2. The fourth-order valence-corrected chi connectivity index (χ4v) is 2.72. The number of benzene rings is 1. The molecule has 1 aromatic heterocycles. The third-order valence-electron chi connectivity index (χ3n) is 4.29. The molecule has 1 aliphatic rings. The van der Waals surface area contributed by atoms with Crippen LogP contribution >= 0.6 is 0 Å². The van der Waals surface area contributed by atoms with Crippen molar-refractivity contribution in [2.45, 2.75) is 25.0 Å². The molecule has 3 rings (SSSR count). The van der Waals surface area contributed by atoms with Crippen LogP contribution in [0.25, 0.3) is 0 Å². The molecular formula is C19H21N5O6. The van der Waals surface area contributed by atoms with Gasteiger partial charge in [-0.2, -0.15) is 10.2 Å². The monoisotopic (exact) mass is 415 g/mol. The van der Waals surface area contributed by atoms with Crippen LogP contribution in [0.2, 0.25) is 0 Å². The number of hydrogen-bond donors (Lipinski definition) is 5. The highest BCUT2D eigenvalue weighted by molar-refractivity contribution is 6.00. The van der Waals surface area contributed by atoms with Crippen LogP contribution in [0.5, 0.6) is 11.6 Å². The number of rotatable bonds is 2. The Morgan fingerprint density at radius 2 is 2.07 bits per heavy atom. The van der Waals surface area contributed by atoms with E-state index in [1.165, 1.54) is 6.20 Å². The van der Waals surface area contributed by atoms with Gasteiger partial charge in [-0.15, -0.1) is 0 Å². The highest BCUT2D eigenvalue weighted by atomic mass is 16.5. The summed E-state index contributed by atoms with van der Waals surface area (Å²) in [4.78, 5) is 20.4. The predicted octanol–water partition coefficient (Wildman–Crippen LogP) is 0.410. The number of urea groups is 1. The first-order chi connectivity index (χ1) is 14.5. The Kier molecular flexibility index (Phi) is 6.97. The molecule has 0 saturated carbocycles. The molecule has 2 atom stereocenters. The Labute approximate surface area is 171 Å². The minimum absolute atomic E-state index is 0.0433. The molecule has 2 unspecified atom stereocenters. The van der Waals surface area contributed by atoms with Crippen molar-refractivity contribution in [3.63, 3.8) is 0 Å². The summed E-state index contributed by atoms with van der Waals surface area (Å²) >= 11 is 0. The number of anilines is 2. The van der Waals surface area contributed by atoms with Crippen LogP contribution in [-0.4, -0.2) is 63.3 Å². The molecule has 0 radical (unpaired) electrons. The second kappa shape index (κ2) is 9.84. The van der Waals surface area contributed by atoms with Crippen molar-refractivity contribution in [2.75, 3.05) is 30.5 Å². The van der Waals surface area contributed by atoms with E-state index in [-0.39, 0.29) is 49.4 Å². The second-order valence-corrected chi connectivity index (χ2v) is 6.49. The number of hydrogen-bond acceptors (Lipinski definition) is 9. The molecule has 2 bridgehead atoms. The molecular weight excluding hydrogens is 394 g/mol. The number of aromatic nitrogens is 2. The predicted molar refractivity (Wildman–Crippen MR) is 104 cm³/mol. The van der Waals surface area contributed by atoms with E-state index in [2.05, 4.69) is 20.6 Å². The molecule has 0 spiro atoms. The Morgan fingerprint density at radius 3 is 2.83 bits per heavy atom. The standard InChI is InChI=1S/C19H21N5O6/c20-8-13-18-23-17(9-21-13)24-19(28)22-12-7-11(3-5-25)1-2-16(12)30-10-15(27)14(26)4-6-29-18/h1-2,7,9,14-15,25-27H,3-6,10H2,(H2,22,23,24,28). The number of ether oxygens (including phenoxy) is 2. The van der Waals surface area contributed by atoms with Gasteiger partial charge in [-0.05, 0) is 24.1 Å². The van der Waals surface area contributed by atoms with Crippen LogP contribution < -0.4 is 20.1 Å². The van der Waals surface area contributed by atoms with Crippen LogP contribution in [0.15, 0.2) is 24.4 Å². The lowest BCUT2D eigenvalue weighted by molar-refractivity contribution is -0.0169. The first-order valence-electron chi connectivity index (χ1n) is 9.21. The smallest absolute Gasteiger partial charge is 0.325 e. The average Bonchev–Trinajstić information content (AvgIpc) is 2.73. The van der Waals surface area contributed by atoms with Crippen LogP contribution in [-0.2, 0) is 6.42 Å². The normalized spacial score (nSPS) is 19.5. The zero-order valence-corrected chi connectivity index (χ0v) is 15.9. The molecule has 1 aromatic carbocycles. The molecule has 1 aliphatic heterocycles. The summed E-state index contributed by atoms with van der Waals surface area (Å²) in [6.45, 7) is -0.341. The number of nitrogens with one attached hydrogen (secondary N) is 2. The van der Waals surface area contributed by atoms with E-state index in [4.69, 9.17) is 19.8 Å². The van der Waals surface area contributed by atoms with Gasteiger partial charge in [-0.3, -0.25) is 5.32 Å². The van der Waals surface area contributed by atoms with E-state index in [0.29, 0.717) is 12.1 Å². The van der Waals surface area contributed by atoms with Gasteiger partial charge in [0.25, 0.3) is 5.88 Å². The highest BCUT2D eigenvalue weighted by Crippen LogP contribution is 2.27. The van der Waals surface area contributed by atoms with Crippen LogP contribution in [0, 0.1) is 11.3 Å². The average molecular weight is 415 g/mol. The highest BCUT2D eigenvalue weighted by Gasteiger charge is 2.20. The van der Waals surface area contributed by atoms with E-state index >= 15 is 0 Å². The minimum atomic E-state index is -1.22.